The minimum absolute atomic E-state index is 0.0246. The Morgan fingerprint density at radius 1 is 1.53 bits per heavy atom. The normalized spacial score (nSPS) is 10.7. The van der Waals surface area contributed by atoms with Crippen LogP contribution in [0.1, 0.15) is 16.1 Å². The monoisotopic (exact) mass is 358 g/mol. The van der Waals surface area contributed by atoms with Crippen LogP contribution in [0.5, 0.6) is 0 Å². The van der Waals surface area contributed by atoms with Crippen molar-refractivity contribution in [2.75, 3.05) is 0 Å². The summed E-state index contributed by atoms with van der Waals surface area (Å²) >= 11 is 6.26. The average Bonchev–Trinajstić information content (AvgIpc) is 2.62. The van der Waals surface area contributed by atoms with Crippen LogP contribution in [0, 0.1) is 13.8 Å². The number of thiazole rings is 1. The zero-order valence-corrected chi connectivity index (χ0v) is 13.5. The molecule has 2 rings (SSSR count). The number of aryl methyl sites for hydroxylation is 2. The minimum atomic E-state index is -0.832. The molecule has 0 aliphatic rings. The fraction of sp³-hybridized carbons (Fsp3) is 0.250. The lowest BCUT2D eigenvalue weighted by Gasteiger charge is -2.01. The van der Waals surface area contributed by atoms with Gasteiger partial charge in [-0.2, -0.15) is 0 Å². The lowest BCUT2D eigenvalue weighted by molar-refractivity contribution is -0.136. The van der Waals surface area contributed by atoms with Gasteiger partial charge in [-0.25, -0.2) is 9.97 Å². The highest BCUT2D eigenvalue weighted by atomic mass is 79.9. The van der Waals surface area contributed by atoms with E-state index in [9.17, 15) is 4.79 Å². The molecule has 2 aromatic rings. The first-order valence-corrected chi connectivity index (χ1v) is 7.86. The van der Waals surface area contributed by atoms with Gasteiger partial charge in [-0.3, -0.25) is 4.79 Å². The second-order valence-electron chi connectivity index (χ2n) is 3.94. The van der Waals surface area contributed by atoms with Gasteiger partial charge in [0.25, 0.3) is 0 Å². The maximum Gasteiger partial charge on any atom is 0.308 e. The highest BCUT2D eigenvalue weighted by molar-refractivity contribution is 9.10. The minimum Gasteiger partial charge on any atom is -0.481 e. The molecule has 100 valence electrons. The SMILES string of the molecule is Cc1cc(Br)cnc1Sc1nc(C)c(CC(=O)O)s1. The number of halogens is 1. The predicted octanol–water partition coefficient (Wildman–Crippen LogP) is 3.70. The number of pyridine rings is 1. The van der Waals surface area contributed by atoms with Crippen LogP contribution in [0.25, 0.3) is 0 Å². The Balaban J connectivity index is 2.21. The van der Waals surface area contributed by atoms with Gasteiger partial charge in [0.15, 0.2) is 4.34 Å². The van der Waals surface area contributed by atoms with Gasteiger partial charge >= 0.3 is 5.97 Å². The summed E-state index contributed by atoms with van der Waals surface area (Å²) in [6.45, 7) is 3.82. The summed E-state index contributed by atoms with van der Waals surface area (Å²) in [4.78, 5) is 20.3. The molecule has 7 heteroatoms. The topological polar surface area (TPSA) is 63.1 Å². The third-order valence-corrected chi connectivity index (χ3v) is 5.14. The van der Waals surface area contributed by atoms with E-state index in [-0.39, 0.29) is 6.42 Å². The number of nitrogens with zero attached hydrogens (tertiary/aromatic N) is 2. The lowest BCUT2D eigenvalue weighted by atomic mass is 10.3. The second-order valence-corrected chi connectivity index (χ2v) is 7.17. The molecule has 0 unspecified atom stereocenters. The van der Waals surface area contributed by atoms with Crippen molar-refractivity contribution in [3.05, 3.63) is 32.9 Å². The maximum absolute atomic E-state index is 10.7. The molecule has 4 nitrogen and oxygen atoms in total. The summed E-state index contributed by atoms with van der Waals surface area (Å²) in [7, 11) is 0. The largest absolute Gasteiger partial charge is 0.481 e. The van der Waals surface area contributed by atoms with E-state index in [2.05, 4.69) is 25.9 Å². The molecule has 0 aliphatic carbocycles. The van der Waals surface area contributed by atoms with E-state index >= 15 is 0 Å². The smallest absolute Gasteiger partial charge is 0.308 e. The average molecular weight is 359 g/mol. The van der Waals surface area contributed by atoms with E-state index in [1.165, 1.54) is 23.1 Å². The molecule has 0 bridgehead atoms. The Morgan fingerprint density at radius 3 is 2.89 bits per heavy atom. The summed E-state index contributed by atoms with van der Waals surface area (Å²) < 4.78 is 1.77. The number of hydrogen-bond donors (Lipinski definition) is 1. The van der Waals surface area contributed by atoms with Gasteiger partial charge in [0.1, 0.15) is 5.03 Å². The van der Waals surface area contributed by atoms with Crippen LogP contribution in [0.3, 0.4) is 0 Å². The summed E-state index contributed by atoms with van der Waals surface area (Å²) in [6, 6.07) is 1.99. The Kier molecular flexibility index (Phi) is 4.59. The molecule has 2 aromatic heterocycles. The third-order valence-electron chi connectivity index (χ3n) is 2.37. The number of carboxylic acid groups (broad SMARTS) is 1. The van der Waals surface area contributed by atoms with E-state index < -0.39 is 5.97 Å². The van der Waals surface area contributed by atoms with Crippen LogP contribution in [0.15, 0.2) is 26.1 Å². The summed E-state index contributed by atoms with van der Waals surface area (Å²) in [5, 5.41) is 9.71. The standard InChI is InChI=1S/C12H11BrN2O2S2/c1-6-3-8(13)5-14-11(6)19-12-15-7(2)9(18-12)4-10(16)17/h3,5H,4H2,1-2H3,(H,16,17). The van der Waals surface area contributed by atoms with Crippen molar-refractivity contribution in [3.8, 4) is 0 Å². The van der Waals surface area contributed by atoms with Crippen molar-refractivity contribution in [1.82, 2.24) is 9.97 Å². The molecule has 0 radical (unpaired) electrons. The van der Waals surface area contributed by atoms with Crippen molar-refractivity contribution in [3.63, 3.8) is 0 Å². The molecule has 0 aliphatic heterocycles. The van der Waals surface area contributed by atoms with E-state index in [4.69, 9.17) is 5.11 Å². The van der Waals surface area contributed by atoms with E-state index in [1.807, 2.05) is 19.9 Å². The van der Waals surface area contributed by atoms with Crippen molar-refractivity contribution < 1.29 is 9.90 Å². The van der Waals surface area contributed by atoms with E-state index in [0.29, 0.717) is 0 Å². The summed E-state index contributed by atoms with van der Waals surface area (Å²) in [5.74, 6) is -0.832. The molecule has 0 amide bonds. The zero-order valence-electron chi connectivity index (χ0n) is 10.3. The van der Waals surface area contributed by atoms with Crippen molar-refractivity contribution >= 4 is 45.0 Å². The highest BCUT2D eigenvalue weighted by Crippen LogP contribution is 2.34. The first-order chi connectivity index (χ1) is 8.95. The molecule has 0 fully saturated rings. The van der Waals surface area contributed by atoms with Crippen LogP contribution >= 0.6 is 39.0 Å². The van der Waals surface area contributed by atoms with Gasteiger partial charge in [0.2, 0.25) is 0 Å². The number of rotatable bonds is 4. The van der Waals surface area contributed by atoms with Gasteiger partial charge in [0.05, 0.1) is 12.1 Å². The first kappa shape index (κ1) is 14.5. The quantitative estimate of drug-likeness (QED) is 0.902. The Morgan fingerprint density at radius 2 is 2.26 bits per heavy atom. The summed E-state index contributed by atoms with van der Waals surface area (Å²) in [6.07, 6.45) is 1.77. The van der Waals surface area contributed by atoms with E-state index in [1.54, 1.807) is 6.20 Å². The van der Waals surface area contributed by atoms with Gasteiger partial charge in [0, 0.05) is 15.5 Å². The Hall–Kier alpha value is -0.920. The van der Waals surface area contributed by atoms with Crippen LogP contribution in [0.4, 0.5) is 0 Å². The van der Waals surface area contributed by atoms with Crippen LogP contribution in [-0.2, 0) is 11.2 Å². The lowest BCUT2D eigenvalue weighted by Crippen LogP contribution is -1.99. The van der Waals surface area contributed by atoms with Gasteiger partial charge in [-0.15, -0.1) is 11.3 Å². The van der Waals surface area contributed by atoms with Gasteiger partial charge in [-0.1, -0.05) is 0 Å². The summed E-state index contributed by atoms with van der Waals surface area (Å²) in [5.41, 5.74) is 1.84. The number of aromatic nitrogens is 2. The van der Waals surface area contributed by atoms with E-state index in [0.717, 1.165) is 30.0 Å². The van der Waals surface area contributed by atoms with Crippen molar-refractivity contribution in [2.24, 2.45) is 0 Å². The third kappa shape index (κ3) is 3.77. The zero-order chi connectivity index (χ0) is 14.0. The fourth-order valence-corrected chi connectivity index (χ4v) is 4.07. The van der Waals surface area contributed by atoms with Crippen LogP contribution in [0.2, 0.25) is 0 Å². The molecule has 0 spiro atoms. The number of aliphatic carboxylic acids is 1. The Labute approximate surface area is 127 Å². The second kappa shape index (κ2) is 6.02. The maximum atomic E-state index is 10.7. The molecule has 0 saturated carbocycles. The molecule has 0 atom stereocenters. The highest BCUT2D eigenvalue weighted by Gasteiger charge is 2.13. The molecule has 1 N–H and O–H groups in total. The van der Waals surface area contributed by atoms with Gasteiger partial charge < -0.3 is 5.11 Å². The Bertz CT molecular complexity index is 628. The molecule has 0 saturated heterocycles. The molecular formula is C12H11BrN2O2S2. The predicted molar refractivity (Wildman–Crippen MR) is 79.0 cm³/mol. The molecular weight excluding hydrogens is 348 g/mol. The molecule has 19 heavy (non-hydrogen) atoms. The van der Waals surface area contributed by atoms with Crippen molar-refractivity contribution in [1.29, 1.82) is 0 Å². The fourth-order valence-electron chi connectivity index (χ4n) is 1.46. The first-order valence-electron chi connectivity index (χ1n) is 5.44. The molecule has 2 heterocycles. The number of hydrogen-bond acceptors (Lipinski definition) is 5. The molecule has 0 aromatic carbocycles. The van der Waals surface area contributed by atoms with Crippen molar-refractivity contribution in [2.45, 2.75) is 29.6 Å². The number of carbonyl (C=O) groups is 1. The number of carboxylic acids is 1. The van der Waals surface area contributed by atoms with Gasteiger partial charge in [-0.05, 0) is 53.2 Å². The van der Waals surface area contributed by atoms with Crippen LogP contribution in [-0.4, -0.2) is 21.0 Å². The van der Waals surface area contributed by atoms with Crippen LogP contribution < -0.4 is 0 Å².